The van der Waals surface area contributed by atoms with Crippen molar-refractivity contribution in [2.45, 2.75) is 39.0 Å². The van der Waals surface area contributed by atoms with Crippen molar-refractivity contribution in [2.75, 3.05) is 0 Å². The Morgan fingerprint density at radius 2 is 1.58 bits per heavy atom. The average Bonchev–Trinajstić information content (AvgIpc) is 2.10. The molecule has 0 aromatic rings. The summed E-state index contributed by atoms with van der Waals surface area (Å²) in [5, 5.41) is 0. The van der Waals surface area contributed by atoms with Crippen LogP contribution in [0.3, 0.4) is 0 Å². The predicted molar refractivity (Wildman–Crippen MR) is 53.1 cm³/mol. The van der Waals surface area contributed by atoms with Crippen LogP contribution < -0.4 is 0 Å². The summed E-state index contributed by atoms with van der Waals surface area (Å²) in [5.74, 6) is 14.5. The first-order valence-electron chi connectivity index (χ1n) is 4.20. The summed E-state index contributed by atoms with van der Waals surface area (Å²) in [6.07, 6.45) is 9.64. The summed E-state index contributed by atoms with van der Waals surface area (Å²) in [6, 6.07) is 0. The van der Waals surface area contributed by atoms with Crippen molar-refractivity contribution in [3.05, 3.63) is 0 Å². The second-order valence-corrected chi connectivity index (χ2v) is 2.34. The van der Waals surface area contributed by atoms with Gasteiger partial charge < -0.3 is 0 Å². The van der Waals surface area contributed by atoms with E-state index in [9.17, 15) is 0 Å². The molecule has 0 radical (unpaired) electrons. The molecule has 0 amide bonds. The van der Waals surface area contributed by atoms with Gasteiger partial charge in [0.15, 0.2) is 0 Å². The van der Waals surface area contributed by atoms with E-state index in [1.807, 2.05) is 6.92 Å². The Labute approximate surface area is 75.8 Å². The monoisotopic (exact) mass is 158 g/mol. The Kier molecular flexibility index (Phi) is 8.62. The van der Waals surface area contributed by atoms with E-state index in [2.05, 4.69) is 29.6 Å². The van der Waals surface area contributed by atoms with Crippen molar-refractivity contribution in [2.24, 2.45) is 0 Å². The third-order valence-electron chi connectivity index (χ3n) is 1.30. The van der Waals surface area contributed by atoms with Gasteiger partial charge in [-0.05, 0) is 13.3 Å². The van der Waals surface area contributed by atoms with E-state index < -0.39 is 0 Å². The van der Waals surface area contributed by atoms with Gasteiger partial charge in [0.2, 0.25) is 0 Å². The van der Waals surface area contributed by atoms with E-state index in [-0.39, 0.29) is 0 Å². The van der Waals surface area contributed by atoms with E-state index in [1.54, 1.807) is 0 Å². The van der Waals surface area contributed by atoms with Crippen LogP contribution >= 0.6 is 0 Å². The molecule has 0 fully saturated rings. The van der Waals surface area contributed by atoms with Gasteiger partial charge in [0.25, 0.3) is 0 Å². The topological polar surface area (TPSA) is 0 Å². The van der Waals surface area contributed by atoms with Crippen molar-refractivity contribution < 1.29 is 0 Å². The molecule has 0 saturated heterocycles. The zero-order valence-electron chi connectivity index (χ0n) is 7.61. The van der Waals surface area contributed by atoms with E-state index in [0.717, 1.165) is 32.1 Å². The molecule has 62 valence electrons. The third kappa shape index (κ3) is 8.68. The van der Waals surface area contributed by atoms with E-state index in [0.29, 0.717) is 0 Å². The zero-order valence-corrected chi connectivity index (χ0v) is 7.61. The van der Waals surface area contributed by atoms with Crippen LogP contribution in [0.15, 0.2) is 0 Å². The van der Waals surface area contributed by atoms with Crippen LogP contribution in [-0.4, -0.2) is 0 Å². The largest absolute Gasteiger partial charge is 0.120 e. The highest BCUT2D eigenvalue weighted by molar-refractivity contribution is 5.02. The minimum Gasteiger partial charge on any atom is -0.120 e. The summed E-state index contributed by atoms with van der Waals surface area (Å²) >= 11 is 0. The molecule has 0 aliphatic rings. The maximum Gasteiger partial charge on any atom is 0.0198 e. The number of terminal acetylenes is 1. The summed E-state index contributed by atoms with van der Waals surface area (Å²) < 4.78 is 0. The third-order valence-corrected chi connectivity index (χ3v) is 1.30. The van der Waals surface area contributed by atoms with Gasteiger partial charge in [0.05, 0.1) is 0 Å². The SMILES string of the molecule is C#CCCC#CCCCC#CC. The molecule has 0 aliphatic heterocycles. The van der Waals surface area contributed by atoms with Crippen LogP contribution in [0.1, 0.15) is 39.0 Å². The maximum absolute atomic E-state index is 5.07. The Hall–Kier alpha value is -1.32. The second-order valence-electron chi connectivity index (χ2n) is 2.34. The lowest BCUT2D eigenvalue weighted by Crippen LogP contribution is -1.70. The van der Waals surface area contributed by atoms with Gasteiger partial charge in [-0.15, -0.1) is 36.0 Å². The van der Waals surface area contributed by atoms with Gasteiger partial charge in [-0.25, -0.2) is 0 Å². The standard InChI is InChI=1S/C12H14/c1-3-5-7-9-11-12-10-8-6-4-2/h1H,5,7-8,10,12H2,2H3. The molecular formula is C12H14. The van der Waals surface area contributed by atoms with Crippen molar-refractivity contribution in [3.63, 3.8) is 0 Å². The summed E-state index contributed by atoms with van der Waals surface area (Å²) in [7, 11) is 0. The molecule has 0 atom stereocenters. The smallest absolute Gasteiger partial charge is 0.0198 e. The molecule has 0 bridgehead atoms. The fourth-order valence-electron chi connectivity index (χ4n) is 0.702. The predicted octanol–water partition coefficient (Wildman–Crippen LogP) is 2.60. The quantitative estimate of drug-likeness (QED) is 0.437. The Morgan fingerprint density at radius 3 is 2.25 bits per heavy atom. The molecule has 0 unspecified atom stereocenters. The van der Waals surface area contributed by atoms with Gasteiger partial charge >= 0.3 is 0 Å². The highest BCUT2D eigenvalue weighted by atomic mass is 13.8. The van der Waals surface area contributed by atoms with Crippen molar-refractivity contribution in [1.82, 2.24) is 0 Å². The first kappa shape index (κ1) is 10.7. The van der Waals surface area contributed by atoms with Gasteiger partial charge in [-0.1, -0.05) is 0 Å². The number of unbranched alkanes of at least 4 members (excludes halogenated alkanes) is 3. The summed E-state index contributed by atoms with van der Waals surface area (Å²) in [4.78, 5) is 0. The molecule has 0 heterocycles. The van der Waals surface area contributed by atoms with Gasteiger partial charge in [-0.3, -0.25) is 0 Å². The first-order chi connectivity index (χ1) is 5.91. The Bertz CT molecular complexity index is 244. The van der Waals surface area contributed by atoms with Crippen LogP contribution in [0.4, 0.5) is 0 Å². The molecule has 0 N–H and O–H groups in total. The molecule has 0 heteroatoms. The fraction of sp³-hybridized carbons (Fsp3) is 0.500. The van der Waals surface area contributed by atoms with Crippen LogP contribution in [-0.2, 0) is 0 Å². The van der Waals surface area contributed by atoms with Crippen molar-refractivity contribution >= 4 is 0 Å². The Balaban J connectivity index is 3.20. The molecule has 0 aromatic carbocycles. The van der Waals surface area contributed by atoms with Crippen LogP contribution in [0.5, 0.6) is 0 Å². The minimum atomic E-state index is 0.766. The van der Waals surface area contributed by atoms with Crippen LogP contribution in [0, 0.1) is 36.0 Å². The van der Waals surface area contributed by atoms with Crippen molar-refractivity contribution in [3.8, 4) is 36.0 Å². The number of hydrogen-bond acceptors (Lipinski definition) is 0. The normalized spacial score (nSPS) is 7.00. The number of rotatable bonds is 3. The minimum absolute atomic E-state index is 0.766. The molecule has 0 nitrogen and oxygen atoms in total. The van der Waals surface area contributed by atoms with E-state index in [4.69, 9.17) is 6.42 Å². The first-order valence-corrected chi connectivity index (χ1v) is 4.20. The van der Waals surface area contributed by atoms with Crippen LogP contribution in [0.2, 0.25) is 0 Å². The fourth-order valence-corrected chi connectivity index (χ4v) is 0.702. The van der Waals surface area contributed by atoms with Crippen molar-refractivity contribution in [1.29, 1.82) is 0 Å². The molecule has 0 aromatic heterocycles. The lowest BCUT2D eigenvalue weighted by Gasteiger charge is -1.83. The lowest BCUT2D eigenvalue weighted by atomic mass is 10.2. The molecule has 0 spiro atoms. The Morgan fingerprint density at radius 1 is 0.917 bits per heavy atom. The van der Waals surface area contributed by atoms with E-state index >= 15 is 0 Å². The molecule has 0 aliphatic carbocycles. The molecular weight excluding hydrogens is 144 g/mol. The number of hydrogen-bond donors (Lipinski definition) is 0. The average molecular weight is 158 g/mol. The zero-order chi connectivity index (χ0) is 9.07. The maximum atomic E-state index is 5.07. The van der Waals surface area contributed by atoms with Gasteiger partial charge in [-0.2, -0.15) is 0 Å². The highest BCUT2D eigenvalue weighted by Crippen LogP contribution is 1.92. The molecule has 0 rings (SSSR count). The molecule has 0 saturated carbocycles. The van der Waals surface area contributed by atoms with E-state index in [1.165, 1.54) is 0 Å². The molecule has 12 heavy (non-hydrogen) atoms. The summed E-state index contributed by atoms with van der Waals surface area (Å²) in [5.41, 5.74) is 0. The highest BCUT2D eigenvalue weighted by Gasteiger charge is 1.78. The van der Waals surface area contributed by atoms with Gasteiger partial charge in [0.1, 0.15) is 0 Å². The van der Waals surface area contributed by atoms with Crippen LogP contribution in [0.25, 0.3) is 0 Å². The van der Waals surface area contributed by atoms with Gasteiger partial charge in [0, 0.05) is 25.7 Å². The second kappa shape index (κ2) is 9.68. The summed E-state index contributed by atoms with van der Waals surface area (Å²) in [6.45, 7) is 1.86. The lowest BCUT2D eigenvalue weighted by molar-refractivity contribution is 0.901.